The molecule has 0 aliphatic heterocycles. The first kappa shape index (κ1) is 29.6. The molecule has 0 spiro atoms. The molecule has 2 amide bonds. The minimum Gasteiger partial charge on any atom is -0.444 e. The largest absolute Gasteiger partial charge is 0.444 e. The first-order valence-electron chi connectivity index (χ1n) is 13.0. The highest BCUT2D eigenvalue weighted by atomic mass is 16.6. The lowest BCUT2D eigenvalue weighted by Gasteiger charge is -2.27. The number of nitro groups is 1. The summed E-state index contributed by atoms with van der Waals surface area (Å²) < 4.78 is 5.11. The van der Waals surface area contributed by atoms with E-state index >= 15 is 0 Å². The van der Waals surface area contributed by atoms with Gasteiger partial charge in [-0.3, -0.25) is 14.9 Å². The number of carbonyl (C=O) groups excluding carboxylic acids is 2. The number of aliphatic hydroxyl groups is 1. The van der Waals surface area contributed by atoms with E-state index in [4.69, 9.17) is 4.74 Å². The molecule has 1 heterocycles. The quantitative estimate of drug-likeness (QED) is 0.207. The highest BCUT2D eigenvalue weighted by Crippen LogP contribution is 2.30. The summed E-state index contributed by atoms with van der Waals surface area (Å²) in [6, 6.07) is 7.08. The number of hydrogen-bond acceptors (Lipinski definition) is 10. The number of anilines is 3. The predicted molar refractivity (Wildman–Crippen MR) is 146 cm³/mol. The maximum atomic E-state index is 12.2. The van der Waals surface area contributed by atoms with Crippen LogP contribution in [-0.2, 0) is 16.1 Å². The summed E-state index contributed by atoms with van der Waals surface area (Å²) in [5.41, 5.74) is 0.485. The Balaban J connectivity index is 1.54. The van der Waals surface area contributed by atoms with Gasteiger partial charge in [0.2, 0.25) is 17.7 Å². The van der Waals surface area contributed by atoms with E-state index in [9.17, 15) is 24.8 Å². The van der Waals surface area contributed by atoms with Crippen LogP contribution in [0.5, 0.6) is 0 Å². The molecule has 1 aromatic heterocycles. The second-order valence-electron chi connectivity index (χ2n) is 10.6. The van der Waals surface area contributed by atoms with Crippen LogP contribution in [0.1, 0.15) is 52.0 Å². The zero-order chi connectivity index (χ0) is 28.4. The molecular formula is C26H37N7O6. The van der Waals surface area contributed by atoms with Crippen molar-refractivity contribution in [2.75, 3.05) is 35.6 Å². The van der Waals surface area contributed by atoms with E-state index in [1.54, 1.807) is 39.0 Å². The van der Waals surface area contributed by atoms with Gasteiger partial charge in [-0.1, -0.05) is 12.1 Å². The number of hydrogen-bond donors (Lipinski definition) is 5. The number of benzene rings is 1. The summed E-state index contributed by atoms with van der Waals surface area (Å²) in [5, 5.41) is 32.1. The zero-order valence-corrected chi connectivity index (χ0v) is 22.5. The molecule has 5 N–H and O–H groups in total. The maximum Gasteiger partial charge on any atom is 0.408 e. The van der Waals surface area contributed by atoms with Gasteiger partial charge in [-0.25, -0.2) is 9.78 Å². The Morgan fingerprint density at radius 2 is 1.87 bits per heavy atom. The zero-order valence-electron chi connectivity index (χ0n) is 22.5. The van der Waals surface area contributed by atoms with Gasteiger partial charge in [0.15, 0.2) is 0 Å². The third kappa shape index (κ3) is 10.0. The second-order valence-corrected chi connectivity index (χ2v) is 10.6. The van der Waals surface area contributed by atoms with Crippen molar-refractivity contribution in [1.82, 2.24) is 15.3 Å². The summed E-state index contributed by atoms with van der Waals surface area (Å²) in [5.74, 6) is 0.663. The van der Waals surface area contributed by atoms with Crippen molar-refractivity contribution in [3.8, 4) is 0 Å². The molecule has 0 saturated heterocycles. The molecule has 212 valence electrons. The maximum absolute atomic E-state index is 12.2. The molecule has 1 aliphatic carbocycles. The van der Waals surface area contributed by atoms with Crippen LogP contribution in [0, 0.1) is 22.0 Å². The van der Waals surface area contributed by atoms with Gasteiger partial charge in [0.25, 0.3) is 0 Å². The number of rotatable bonds is 11. The number of amides is 2. The van der Waals surface area contributed by atoms with E-state index in [1.165, 1.54) is 6.20 Å². The summed E-state index contributed by atoms with van der Waals surface area (Å²) in [7, 11) is 0. The Labute approximate surface area is 227 Å². The first-order valence-corrected chi connectivity index (χ1v) is 13.0. The van der Waals surface area contributed by atoms with Gasteiger partial charge in [0, 0.05) is 25.4 Å². The van der Waals surface area contributed by atoms with Gasteiger partial charge in [0.1, 0.15) is 18.3 Å². The minimum atomic E-state index is -0.679. The Morgan fingerprint density at radius 3 is 2.54 bits per heavy atom. The summed E-state index contributed by atoms with van der Waals surface area (Å²) in [6.45, 7) is 6.02. The smallest absolute Gasteiger partial charge is 0.408 e. The highest BCUT2D eigenvalue weighted by Gasteiger charge is 2.23. The van der Waals surface area contributed by atoms with Crippen molar-refractivity contribution in [1.29, 1.82) is 0 Å². The van der Waals surface area contributed by atoms with E-state index in [2.05, 4.69) is 31.2 Å². The van der Waals surface area contributed by atoms with Crippen molar-refractivity contribution < 1.29 is 24.4 Å². The summed E-state index contributed by atoms with van der Waals surface area (Å²) in [4.78, 5) is 43.3. The molecule has 0 bridgehead atoms. The van der Waals surface area contributed by atoms with Crippen LogP contribution in [0.15, 0.2) is 30.5 Å². The van der Waals surface area contributed by atoms with Gasteiger partial charge in [-0.15, -0.1) is 0 Å². The summed E-state index contributed by atoms with van der Waals surface area (Å²) in [6.07, 6.45) is 4.29. The van der Waals surface area contributed by atoms with Crippen LogP contribution < -0.4 is 21.3 Å². The molecule has 0 atom stereocenters. The molecule has 1 aliphatic rings. The summed E-state index contributed by atoms with van der Waals surface area (Å²) >= 11 is 0. The van der Waals surface area contributed by atoms with Gasteiger partial charge < -0.3 is 31.1 Å². The molecule has 13 heteroatoms. The second kappa shape index (κ2) is 13.7. The van der Waals surface area contributed by atoms with Crippen molar-refractivity contribution in [2.45, 2.75) is 58.6 Å². The van der Waals surface area contributed by atoms with E-state index in [0.717, 1.165) is 31.2 Å². The number of aromatic nitrogens is 2. The van der Waals surface area contributed by atoms with Gasteiger partial charge in [0.05, 0.1) is 4.92 Å². The minimum absolute atomic E-state index is 0.153. The molecule has 39 heavy (non-hydrogen) atoms. The lowest BCUT2D eigenvalue weighted by Crippen LogP contribution is -2.37. The van der Waals surface area contributed by atoms with Crippen molar-refractivity contribution >= 4 is 35.1 Å². The number of carbonyl (C=O) groups is 2. The van der Waals surface area contributed by atoms with Crippen LogP contribution in [0.2, 0.25) is 0 Å². The fraction of sp³-hybridized carbons (Fsp3) is 0.538. The number of aliphatic hydroxyl groups excluding tert-OH is 1. The predicted octanol–water partition coefficient (Wildman–Crippen LogP) is 3.67. The SMILES string of the molecule is CC(C)(C)OC(=O)NCC(=O)Nc1cccc(CNc2ncc([N+](=O)[O-])c(NC[C@H]3CC[C@H](CO)CC3)n2)c1. The Kier molecular flexibility index (Phi) is 10.4. The first-order chi connectivity index (χ1) is 18.5. The van der Waals surface area contributed by atoms with Crippen molar-refractivity contribution in [3.05, 3.63) is 46.1 Å². The highest BCUT2D eigenvalue weighted by molar-refractivity contribution is 5.93. The Hall–Kier alpha value is -4.00. The van der Waals surface area contributed by atoms with Crippen LogP contribution in [-0.4, -0.2) is 57.3 Å². The van der Waals surface area contributed by atoms with Crippen LogP contribution in [0.25, 0.3) is 0 Å². The number of nitrogens with one attached hydrogen (secondary N) is 4. The van der Waals surface area contributed by atoms with Crippen LogP contribution in [0.4, 0.5) is 27.9 Å². The molecule has 0 unspecified atom stereocenters. The van der Waals surface area contributed by atoms with E-state index in [0.29, 0.717) is 30.6 Å². The fourth-order valence-corrected chi connectivity index (χ4v) is 4.20. The fourth-order valence-electron chi connectivity index (χ4n) is 4.20. The van der Waals surface area contributed by atoms with Gasteiger partial charge >= 0.3 is 11.8 Å². The number of alkyl carbamates (subject to hydrolysis) is 1. The van der Waals surface area contributed by atoms with Crippen LogP contribution >= 0.6 is 0 Å². The lowest BCUT2D eigenvalue weighted by molar-refractivity contribution is -0.384. The topological polar surface area (TPSA) is 181 Å². The van der Waals surface area contributed by atoms with Crippen molar-refractivity contribution in [3.63, 3.8) is 0 Å². The molecule has 1 aromatic carbocycles. The average Bonchev–Trinajstić information content (AvgIpc) is 2.89. The van der Waals surface area contributed by atoms with E-state index < -0.39 is 22.5 Å². The standard InChI is InChI=1S/C26H37N7O6/c1-26(2,3)39-25(36)30-15-22(35)31-20-6-4-5-19(11-20)13-28-24-29-14-21(33(37)38)23(32-24)27-12-17-7-9-18(16-34)10-8-17/h4-6,11,14,17-18,34H,7-10,12-13,15-16H2,1-3H3,(H,30,36)(H,31,35)(H2,27,28,29,32)/t17-,18-. The monoisotopic (exact) mass is 543 g/mol. The lowest BCUT2D eigenvalue weighted by atomic mass is 9.82. The Bertz CT molecular complexity index is 1150. The molecular weight excluding hydrogens is 506 g/mol. The molecule has 2 aromatic rings. The van der Waals surface area contributed by atoms with E-state index in [-0.39, 0.29) is 30.6 Å². The normalized spacial score (nSPS) is 17.1. The van der Waals surface area contributed by atoms with Gasteiger partial charge in [-0.05, 0) is 76.0 Å². The van der Waals surface area contributed by atoms with Crippen molar-refractivity contribution in [2.24, 2.45) is 11.8 Å². The number of nitrogens with zero attached hydrogens (tertiary/aromatic N) is 3. The number of ether oxygens (including phenoxy) is 1. The Morgan fingerprint density at radius 1 is 1.15 bits per heavy atom. The molecule has 3 rings (SSSR count). The van der Waals surface area contributed by atoms with Crippen LogP contribution in [0.3, 0.4) is 0 Å². The average molecular weight is 544 g/mol. The van der Waals surface area contributed by atoms with E-state index in [1.807, 2.05) is 6.07 Å². The third-order valence-electron chi connectivity index (χ3n) is 6.20. The molecule has 1 fully saturated rings. The third-order valence-corrected chi connectivity index (χ3v) is 6.20. The van der Waals surface area contributed by atoms with Gasteiger partial charge in [-0.2, -0.15) is 4.98 Å². The molecule has 1 saturated carbocycles. The molecule has 13 nitrogen and oxygen atoms in total. The molecule has 0 radical (unpaired) electrons.